The predicted octanol–water partition coefficient (Wildman–Crippen LogP) is 0.0470. The van der Waals surface area contributed by atoms with Crippen molar-refractivity contribution in [2.24, 2.45) is 5.92 Å². The van der Waals surface area contributed by atoms with Crippen molar-refractivity contribution < 1.29 is 9.90 Å². The van der Waals surface area contributed by atoms with Crippen LogP contribution in [0.5, 0.6) is 0 Å². The molecule has 0 fully saturated rings. The molecule has 0 bridgehead atoms. The Morgan fingerprint density at radius 3 is 2.69 bits per heavy atom. The molecule has 0 spiro atoms. The standard InChI is InChI=1S/C10H18N4O2/c1-5(4-15)6(2)12-10(16)9-8(11)7(3)13-14-9/h5-6,15H,4,11H2,1-3H3,(H,12,16)(H,13,14). The van der Waals surface area contributed by atoms with Crippen LogP contribution in [0.15, 0.2) is 0 Å². The molecule has 2 atom stereocenters. The average molecular weight is 226 g/mol. The Labute approximate surface area is 94.2 Å². The van der Waals surface area contributed by atoms with Crippen molar-refractivity contribution in [2.45, 2.75) is 26.8 Å². The lowest BCUT2D eigenvalue weighted by Crippen LogP contribution is -2.38. The number of anilines is 1. The first kappa shape index (κ1) is 12.5. The van der Waals surface area contributed by atoms with Gasteiger partial charge in [0, 0.05) is 12.6 Å². The normalized spacial score (nSPS) is 14.5. The zero-order chi connectivity index (χ0) is 12.3. The number of aromatic nitrogens is 2. The van der Waals surface area contributed by atoms with Crippen LogP contribution >= 0.6 is 0 Å². The SMILES string of the molecule is Cc1[nH]nc(C(=O)NC(C)C(C)CO)c1N. The Kier molecular flexibility index (Phi) is 3.89. The van der Waals surface area contributed by atoms with E-state index < -0.39 is 0 Å². The number of carbonyl (C=O) groups excluding carboxylic acids is 1. The summed E-state index contributed by atoms with van der Waals surface area (Å²) in [5.41, 5.74) is 6.92. The Bertz CT molecular complexity index is 375. The van der Waals surface area contributed by atoms with Crippen molar-refractivity contribution in [1.82, 2.24) is 15.5 Å². The highest BCUT2D eigenvalue weighted by atomic mass is 16.3. The number of carbonyl (C=O) groups is 1. The third-order valence-electron chi connectivity index (χ3n) is 2.71. The van der Waals surface area contributed by atoms with Crippen LogP contribution in [0.3, 0.4) is 0 Å². The summed E-state index contributed by atoms with van der Waals surface area (Å²) in [5.74, 6) is -0.333. The minimum Gasteiger partial charge on any atom is -0.396 e. The zero-order valence-electron chi connectivity index (χ0n) is 9.74. The van der Waals surface area contributed by atoms with Gasteiger partial charge in [0.1, 0.15) is 0 Å². The molecule has 0 aliphatic heterocycles. The lowest BCUT2D eigenvalue weighted by atomic mass is 10.1. The number of aliphatic hydroxyl groups excluding tert-OH is 1. The van der Waals surface area contributed by atoms with Gasteiger partial charge in [-0.1, -0.05) is 6.92 Å². The summed E-state index contributed by atoms with van der Waals surface area (Å²) >= 11 is 0. The van der Waals surface area contributed by atoms with Gasteiger partial charge in [0.15, 0.2) is 5.69 Å². The van der Waals surface area contributed by atoms with Crippen LogP contribution in [-0.4, -0.2) is 33.9 Å². The summed E-state index contributed by atoms with van der Waals surface area (Å²) in [7, 11) is 0. The summed E-state index contributed by atoms with van der Waals surface area (Å²) in [4.78, 5) is 11.8. The highest BCUT2D eigenvalue weighted by Gasteiger charge is 2.19. The van der Waals surface area contributed by atoms with Gasteiger partial charge in [-0.2, -0.15) is 5.10 Å². The smallest absolute Gasteiger partial charge is 0.274 e. The molecule has 0 aliphatic carbocycles. The molecule has 1 rings (SSSR count). The van der Waals surface area contributed by atoms with Crippen LogP contribution in [0.1, 0.15) is 30.0 Å². The molecular formula is C10H18N4O2. The van der Waals surface area contributed by atoms with E-state index >= 15 is 0 Å². The number of nitrogen functional groups attached to an aromatic ring is 1. The first-order valence-electron chi connectivity index (χ1n) is 5.19. The van der Waals surface area contributed by atoms with Crippen molar-refractivity contribution in [2.75, 3.05) is 12.3 Å². The molecule has 6 heteroatoms. The van der Waals surface area contributed by atoms with Gasteiger partial charge in [-0.05, 0) is 19.8 Å². The van der Waals surface area contributed by atoms with E-state index in [0.717, 1.165) is 0 Å². The van der Waals surface area contributed by atoms with Crippen molar-refractivity contribution >= 4 is 11.6 Å². The van der Waals surface area contributed by atoms with E-state index in [4.69, 9.17) is 10.8 Å². The summed E-state index contributed by atoms with van der Waals surface area (Å²) in [6.45, 7) is 5.45. The second-order valence-electron chi connectivity index (χ2n) is 4.03. The van der Waals surface area contributed by atoms with Gasteiger partial charge in [0.2, 0.25) is 0 Å². The molecule has 0 saturated carbocycles. The number of aliphatic hydroxyl groups is 1. The fourth-order valence-corrected chi connectivity index (χ4v) is 1.19. The van der Waals surface area contributed by atoms with Crippen LogP contribution in [0.25, 0.3) is 0 Å². The molecule has 16 heavy (non-hydrogen) atoms. The Hall–Kier alpha value is -1.56. The molecule has 6 nitrogen and oxygen atoms in total. The molecule has 0 radical (unpaired) electrons. The van der Waals surface area contributed by atoms with Crippen LogP contribution < -0.4 is 11.1 Å². The maximum Gasteiger partial charge on any atom is 0.274 e. The molecule has 0 saturated heterocycles. The van der Waals surface area contributed by atoms with E-state index in [1.54, 1.807) is 6.92 Å². The average Bonchev–Trinajstić information content (AvgIpc) is 2.58. The summed E-state index contributed by atoms with van der Waals surface area (Å²) < 4.78 is 0. The minimum absolute atomic E-state index is 0.00906. The largest absolute Gasteiger partial charge is 0.396 e. The maximum atomic E-state index is 11.8. The number of nitrogens with zero attached hydrogens (tertiary/aromatic N) is 1. The van der Waals surface area contributed by atoms with Crippen LogP contribution in [0.4, 0.5) is 5.69 Å². The molecule has 1 amide bonds. The van der Waals surface area contributed by atoms with Gasteiger partial charge >= 0.3 is 0 Å². The van der Waals surface area contributed by atoms with Crippen LogP contribution in [-0.2, 0) is 0 Å². The Morgan fingerprint density at radius 2 is 2.25 bits per heavy atom. The summed E-state index contributed by atoms with van der Waals surface area (Å²) in [6, 6.07) is -0.131. The second kappa shape index (κ2) is 4.98. The fraction of sp³-hybridized carbons (Fsp3) is 0.600. The van der Waals surface area contributed by atoms with Gasteiger partial charge in [-0.25, -0.2) is 0 Å². The quantitative estimate of drug-likeness (QED) is 0.582. The summed E-state index contributed by atoms with van der Waals surface area (Å²) in [5, 5.41) is 18.2. The number of aryl methyl sites for hydroxylation is 1. The molecule has 1 aromatic rings. The fourth-order valence-electron chi connectivity index (χ4n) is 1.19. The molecule has 0 aromatic carbocycles. The van der Waals surface area contributed by atoms with Crippen molar-refractivity contribution in [3.8, 4) is 0 Å². The lowest BCUT2D eigenvalue weighted by Gasteiger charge is -2.18. The molecule has 5 N–H and O–H groups in total. The first-order valence-corrected chi connectivity index (χ1v) is 5.19. The lowest BCUT2D eigenvalue weighted by molar-refractivity contribution is 0.0912. The van der Waals surface area contributed by atoms with Gasteiger partial charge < -0.3 is 16.2 Å². The van der Waals surface area contributed by atoms with Gasteiger partial charge in [-0.3, -0.25) is 9.89 Å². The number of rotatable bonds is 4. The molecule has 1 heterocycles. The Morgan fingerprint density at radius 1 is 1.62 bits per heavy atom. The highest BCUT2D eigenvalue weighted by Crippen LogP contribution is 2.12. The third kappa shape index (κ3) is 2.52. The predicted molar refractivity (Wildman–Crippen MR) is 60.9 cm³/mol. The third-order valence-corrected chi connectivity index (χ3v) is 2.71. The van der Waals surface area contributed by atoms with Crippen LogP contribution in [0.2, 0.25) is 0 Å². The molecule has 2 unspecified atom stereocenters. The highest BCUT2D eigenvalue weighted by molar-refractivity contribution is 5.97. The van der Waals surface area contributed by atoms with E-state index in [1.807, 2.05) is 13.8 Å². The number of H-pyrrole nitrogens is 1. The van der Waals surface area contributed by atoms with Crippen molar-refractivity contribution in [3.05, 3.63) is 11.4 Å². The number of nitrogens with two attached hydrogens (primary N) is 1. The van der Waals surface area contributed by atoms with E-state index in [2.05, 4.69) is 15.5 Å². The Balaban J connectivity index is 2.69. The van der Waals surface area contributed by atoms with Gasteiger partial charge in [0.25, 0.3) is 5.91 Å². The second-order valence-corrected chi connectivity index (χ2v) is 4.03. The van der Waals surface area contributed by atoms with Gasteiger partial charge in [-0.15, -0.1) is 0 Å². The zero-order valence-corrected chi connectivity index (χ0v) is 9.74. The summed E-state index contributed by atoms with van der Waals surface area (Å²) in [6.07, 6.45) is 0. The molecular weight excluding hydrogens is 208 g/mol. The topological polar surface area (TPSA) is 104 Å². The maximum absolute atomic E-state index is 11.8. The first-order chi connectivity index (χ1) is 7.47. The number of hydrogen-bond acceptors (Lipinski definition) is 4. The van der Waals surface area contributed by atoms with E-state index in [-0.39, 0.29) is 30.2 Å². The van der Waals surface area contributed by atoms with E-state index in [1.165, 1.54) is 0 Å². The minimum atomic E-state index is -0.324. The van der Waals surface area contributed by atoms with Crippen LogP contribution in [0, 0.1) is 12.8 Å². The molecule has 1 aromatic heterocycles. The number of nitrogens with one attached hydrogen (secondary N) is 2. The molecule has 0 aliphatic rings. The van der Waals surface area contributed by atoms with E-state index in [0.29, 0.717) is 11.4 Å². The number of aromatic amines is 1. The van der Waals surface area contributed by atoms with Crippen molar-refractivity contribution in [3.63, 3.8) is 0 Å². The molecule has 90 valence electrons. The monoisotopic (exact) mass is 226 g/mol. The number of amides is 1. The number of hydrogen-bond donors (Lipinski definition) is 4. The van der Waals surface area contributed by atoms with E-state index in [9.17, 15) is 4.79 Å². The van der Waals surface area contributed by atoms with Crippen molar-refractivity contribution in [1.29, 1.82) is 0 Å². The van der Waals surface area contributed by atoms with Gasteiger partial charge in [0.05, 0.1) is 11.4 Å².